The molecule has 1 unspecified atom stereocenters. The number of hydrogen-bond acceptors (Lipinski definition) is 3. The van der Waals surface area contributed by atoms with Crippen molar-refractivity contribution in [2.75, 3.05) is 5.73 Å². The molecule has 0 amide bonds. The van der Waals surface area contributed by atoms with E-state index in [-0.39, 0.29) is 6.04 Å². The lowest BCUT2D eigenvalue weighted by molar-refractivity contribution is 0.571. The van der Waals surface area contributed by atoms with Crippen molar-refractivity contribution in [1.82, 2.24) is 9.55 Å². The second kappa shape index (κ2) is 5.22. The molecule has 0 spiro atoms. The Kier molecular flexibility index (Phi) is 3.56. The Morgan fingerprint density at radius 3 is 2.85 bits per heavy atom. The SMILES string of the molecule is Cc1ccc(CC(C)n2c(N)nc3ccc(Br)cc32)s1. The molecule has 0 aliphatic carbocycles. The molecule has 0 aliphatic heterocycles. The molecule has 3 aromatic rings. The Morgan fingerprint density at radius 1 is 1.35 bits per heavy atom. The second-order valence-corrected chi connectivity index (χ2v) is 7.33. The van der Waals surface area contributed by atoms with Crippen LogP contribution in [0.2, 0.25) is 0 Å². The van der Waals surface area contributed by atoms with E-state index in [9.17, 15) is 0 Å². The fraction of sp³-hybridized carbons (Fsp3) is 0.267. The van der Waals surface area contributed by atoms with Crippen molar-refractivity contribution in [2.45, 2.75) is 26.3 Å². The van der Waals surface area contributed by atoms with E-state index < -0.39 is 0 Å². The van der Waals surface area contributed by atoms with E-state index in [0.29, 0.717) is 5.95 Å². The minimum Gasteiger partial charge on any atom is -0.369 e. The number of thiophene rings is 1. The fourth-order valence-electron chi connectivity index (χ4n) is 2.53. The van der Waals surface area contributed by atoms with Gasteiger partial charge in [-0.15, -0.1) is 11.3 Å². The van der Waals surface area contributed by atoms with Gasteiger partial charge >= 0.3 is 0 Å². The van der Waals surface area contributed by atoms with E-state index in [1.807, 2.05) is 23.5 Å². The molecule has 2 aromatic heterocycles. The number of nitrogens with two attached hydrogens (primary N) is 1. The summed E-state index contributed by atoms with van der Waals surface area (Å²) in [6.07, 6.45) is 0.973. The normalized spacial score (nSPS) is 12.9. The summed E-state index contributed by atoms with van der Waals surface area (Å²) in [5.74, 6) is 0.582. The van der Waals surface area contributed by atoms with Crippen LogP contribution in [0.1, 0.15) is 22.7 Å². The number of imidazole rings is 1. The van der Waals surface area contributed by atoms with E-state index >= 15 is 0 Å². The Bertz CT molecular complexity index is 760. The van der Waals surface area contributed by atoms with Crippen LogP contribution in [0, 0.1) is 6.92 Å². The van der Waals surface area contributed by atoms with Crippen LogP contribution in [0.5, 0.6) is 0 Å². The Labute approximate surface area is 130 Å². The molecule has 5 heteroatoms. The average Bonchev–Trinajstić information content (AvgIpc) is 2.91. The van der Waals surface area contributed by atoms with Gasteiger partial charge < -0.3 is 10.3 Å². The second-order valence-electron chi connectivity index (χ2n) is 5.04. The highest BCUT2D eigenvalue weighted by Crippen LogP contribution is 2.28. The number of aryl methyl sites for hydroxylation is 1. The summed E-state index contributed by atoms with van der Waals surface area (Å²) >= 11 is 5.36. The first-order chi connectivity index (χ1) is 9.54. The smallest absolute Gasteiger partial charge is 0.201 e. The van der Waals surface area contributed by atoms with Gasteiger partial charge in [-0.3, -0.25) is 0 Å². The maximum Gasteiger partial charge on any atom is 0.201 e. The van der Waals surface area contributed by atoms with Crippen LogP contribution >= 0.6 is 27.3 Å². The van der Waals surface area contributed by atoms with E-state index in [1.165, 1.54) is 9.75 Å². The van der Waals surface area contributed by atoms with E-state index in [1.54, 1.807) is 0 Å². The predicted octanol–water partition coefficient (Wildman–Crippen LogP) is 4.55. The summed E-state index contributed by atoms with van der Waals surface area (Å²) in [5.41, 5.74) is 8.13. The summed E-state index contributed by atoms with van der Waals surface area (Å²) in [6, 6.07) is 10.7. The summed E-state index contributed by atoms with van der Waals surface area (Å²) in [6.45, 7) is 4.32. The maximum absolute atomic E-state index is 6.10. The van der Waals surface area contributed by atoms with Gasteiger partial charge in [0.25, 0.3) is 0 Å². The molecule has 3 nitrogen and oxygen atoms in total. The number of anilines is 1. The van der Waals surface area contributed by atoms with Crippen molar-refractivity contribution in [1.29, 1.82) is 0 Å². The molecule has 104 valence electrons. The summed E-state index contributed by atoms with van der Waals surface area (Å²) in [5, 5.41) is 0. The molecule has 2 N–H and O–H groups in total. The largest absolute Gasteiger partial charge is 0.369 e. The number of halogens is 1. The number of nitrogen functional groups attached to an aromatic ring is 1. The molecule has 0 saturated heterocycles. The number of nitrogens with zero attached hydrogens (tertiary/aromatic N) is 2. The van der Waals surface area contributed by atoms with Gasteiger partial charge in [0.1, 0.15) is 0 Å². The first kappa shape index (κ1) is 13.6. The molecule has 1 aromatic carbocycles. The predicted molar refractivity (Wildman–Crippen MR) is 89.3 cm³/mol. The molecule has 0 fully saturated rings. The molecular weight excluding hydrogens is 334 g/mol. The number of aromatic nitrogens is 2. The highest BCUT2D eigenvalue weighted by Gasteiger charge is 2.15. The monoisotopic (exact) mass is 349 g/mol. The number of rotatable bonds is 3. The standard InChI is InChI=1S/C15H16BrN3S/c1-9(7-12-5-3-10(2)20-12)19-14-8-11(16)4-6-13(14)18-15(19)17/h3-6,8-9H,7H2,1-2H3,(H2,17,18). The zero-order chi connectivity index (χ0) is 14.3. The summed E-state index contributed by atoms with van der Waals surface area (Å²) in [7, 11) is 0. The lowest BCUT2D eigenvalue weighted by Gasteiger charge is -2.15. The maximum atomic E-state index is 6.10. The van der Waals surface area contributed by atoms with Crippen LogP contribution in [-0.2, 0) is 6.42 Å². The van der Waals surface area contributed by atoms with Crippen molar-refractivity contribution in [2.24, 2.45) is 0 Å². The lowest BCUT2D eigenvalue weighted by Crippen LogP contribution is -2.10. The molecule has 0 bridgehead atoms. The van der Waals surface area contributed by atoms with Crippen molar-refractivity contribution in [3.63, 3.8) is 0 Å². The first-order valence-electron chi connectivity index (χ1n) is 6.53. The van der Waals surface area contributed by atoms with Crippen molar-refractivity contribution < 1.29 is 0 Å². The lowest BCUT2D eigenvalue weighted by atomic mass is 10.2. The van der Waals surface area contributed by atoms with E-state index in [2.05, 4.69) is 57.5 Å². The summed E-state index contributed by atoms with van der Waals surface area (Å²) < 4.78 is 3.17. The van der Waals surface area contributed by atoms with Gasteiger partial charge in [-0.1, -0.05) is 15.9 Å². The molecule has 0 saturated carbocycles. The van der Waals surface area contributed by atoms with Crippen LogP contribution in [0.3, 0.4) is 0 Å². The average molecular weight is 350 g/mol. The van der Waals surface area contributed by atoms with E-state index in [4.69, 9.17) is 5.73 Å². The van der Waals surface area contributed by atoms with Crippen LogP contribution < -0.4 is 5.73 Å². The van der Waals surface area contributed by atoms with Crippen LogP contribution in [-0.4, -0.2) is 9.55 Å². The van der Waals surface area contributed by atoms with Gasteiger partial charge in [-0.25, -0.2) is 4.98 Å². The minimum atomic E-state index is 0.285. The molecule has 3 rings (SSSR count). The quantitative estimate of drug-likeness (QED) is 0.753. The molecule has 0 radical (unpaired) electrons. The number of benzene rings is 1. The van der Waals surface area contributed by atoms with Gasteiger partial charge in [0.05, 0.1) is 11.0 Å². The third-order valence-electron chi connectivity index (χ3n) is 3.41. The number of fused-ring (bicyclic) bond motifs is 1. The molecule has 0 aliphatic rings. The Morgan fingerprint density at radius 2 is 2.15 bits per heavy atom. The molecule has 2 heterocycles. The van der Waals surface area contributed by atoms with Gasteiger partial charge in [-0.05, 0) is 44.2 Å². The van der Waals surface area contributed by atoms with Crippen molar-refractivity contribution in [3.05, 3.63) is 44.6 Å². The van der Waals surface area contributed by atoms with Gasteiger partial charge in [0, 0.05) is 26.7 Å². The Balaban J connectivity index is 2.00. The minimum absolute atomic E-state index is 0.285. The van der Waals surface area contributed by atoms with Gasteiger partial charge in [0.15, 0.2) is 0 Å². The zero-order valence-electron chi connectivity index (χ0n) is 11.4. The fourth-order valence-corrected chi connectivity index (χ4v) is 3.88. The highest BCUT2D eigenvalue weighted by atomic mass is 79.9. The Hall–Kier alpha value is -1.33. The van der Waals surface area contributed by atoms with Crippen molar-refractivity contribution >= 4 is 44.2 Å². The zero-order valence-corrected chi connectivity index (χ0v) is 13.8. The third kappa shape index (κ3) is 2.47. The van der Waals surface area contributed by atoms with E-state index in [0.717, 1.165) is 21.9 Å². The van der Waals surface area contributed by atoms with Crippen LogP contribution in [0.15, 0.2) is 34.8 Å². The highest BCUT2D eigenvalue weighted by molar-refractivity contribution is 9.10. The molecule has 20 heavy (non-hydrogen) atoms. The van der Waals surface area contributed by atoms with Gasteiger partial charge in [0.2, 0.25) is 5.95 Å². The van der Waals surface area contributed by atoms with Crippen LogP contribution in [0.25, 0.3) is 11.0 Å². The third-order valence-corrected chi connectivity index (χ3v) is 4.93. The first-order valence-corrected chi connectivity index (χ1v) is 8.14. The molecule has 1 atom stereocenters. The topological polar surface area (TPSA) is 43.8 Å². The number of hydrogen-bond donors (Lipinski definition) is 1. The van der Waals surface area contributed by atoms with Crippen LogP contribution in [0.4, 0.5) is 5.95 Å². The van der Waals surface area contributed by atoms with Gasteiger partial charge in [-0.2, -0.15) is 0 Å². The molecular formula is C15H16BrN3S. The van der Waals surface area contributed by atoms with Crippen molar-refractivity contribution in [3.8, 4) is 0 Å². The summed E-state index contributed by atoms with van der Waals surface area (Å²) in [4.78, 5) is 7.17.